The van der Waals surface area contributed by atoms with Crippen LogP contribution in [0.3, 0.4) is 0 Å². The van der Waals surface area contributed by atoms with E-state index in [0.717, 1.165) is 19.5 Å². The zero-order valence-electron chi connectivity index (χ0n) is 9.91. The average Bonchev–Trinajstić information content (AvgIpc) is 2.70. The van der Waals surface area contributed by atoms with Crippen LogP contribution in [-0.4, -0.2) is 49.0 Å². The average molecular weight is 224 g/mol. The van der Waals surface area contributed by atoms with Crippen molar-refractivity contribution in [2.45, 2.75) is 31.3 Å². The third-order valence-electron chi connectivity index (χ3n) is 4.16. The Morgan fingerprint density at radius 1 is 1.31 bits per heavy atom. The fourth-order valence-corrected chi connectivity index (χ4v) is 2.86. The Morgan fingerprint density at radius 3 is 2.75 bits per heavy atom. The summed E-state index contributed by atoms with van der Waals surface area (Å²) in [6.07, 6.45) is 3.02. The van der Waals surface area contributed by atoms with Crippen LogP contribution in [0.1, 0.15) is 25.7 Å². The van der Waals surface area contributed by atoms with Gasteiger partial charge < -0.3 is 14.7 Å². The fraction of sp³-hybridized carbons (Fsp3) is 0.917. The Morgan fingerprint density at radius 2 is 2.12 bits per heavy atom. The first-order valence-electron chi connectivity index (χ1n) is 6.02. The number of ether oxygens (including phenoxy) is 1. The molecule has 4 heteroatoms. The quantitative estimate of drug-likeness (QED) is 0.714. The Labute approximate surface area is 96.8 Å². The second-order valence-corrected chi connectivity index (χ2v) is 5.18. The minimum Gasteiger partial charge on any atom is -0.388 e. The highest BCUT2D eigenvalue weighted by molar-refractivity contribution is 5.14. The smallest absolute Gasteiger partial charge is 0.111 e. The van der Waals surface area contributed by atoms with Gasteiger partial charge in [-0.2, -0.15) is 5.26 Å². The Kier molecular flexibility index (Phi) is 3.20. The zero-order chi connectivity index (χ0) is 11.6. The van der Waals surface area contributed by atoms with Crippen LogP contribution in [-0.2, 0) is 4.74 Å². The lowest BCUT2D eigenvalue weighted by Crippen LogP contribution is -2.48. The molecule has 0 aromatic heterocycles. The standard InChI is InChI=1S/C12H20N2O2/c1-14-6-2-3-12(15,4-7-14)11(9-13)5-8-16-10-11/h15H,2-8,10H2,1H3. The van der Waals surface area contributed by atoms with Crippen LogP contribution in [0.5, 0.6) is 0 Å². The fourth-order valence-electron chi connectivity index (χ4n) is 2.86. The van der Waals surface area contributed by atoms with Crippen molar-refractivity contribution >= 4 is 0 Å². The van der Waals surface area contributed by atoms with Gasteiger partial charge in [0, 0.05) is 13.2 Å². The minimum atomic E-state index is -0.858. The summed E-state index contributed by atoms with van der Waals surface area (Å²) in [5, 5.41) is 20.2. The molecule has 0 amide bonds. The maximum Gasteiger partial charge on any atom is 0.111 e. The summed E-state index contributed by atoms with van der Waals surface area (Å²) < 4.78 is 5.34. The number of nitrogens with zero attached hydrogens (tertiary/aromatic N) is 2. The van der Waals surface area contributed by atoms with Crippen LogP contribution in [0, 0.1) is 16.7 Å². The van der Waals surface area contributed by atoms with E-state index in [0.29, 0.717) is 32.5 Å². The van der Waals surface area contributed by atoms with E-state index in [9.17, 15) is 10.4 Å². The van der Waals surface area contributed by atoms with E-state index in [1.807, 2.05) is 0 Å². The SMILES string of the molecule is CN1CCCC(O)(C2(C#N)CCOC2)CC1. The van der Waals surface area contributed by atoms with Gasteiger partial charge in [0.15, 0.2) is 0 Å². The Hall–Kier alpha value is -0.630. The molecule has 0 saturated carbocycles. The van der Waals surface area contributed by atoms with Gasteiger partial charge in [0.2, 0.25) is 0 Å². The molecule has 2 heterocycles. The summed E-state index contributed by atoms with van der Waals surface area (Å²) in [5.74, 6) is 0. The van der Waals surface area contributed by atoms with Gasteiger partial charge >= 0.3 is 0 Å². The molecule has 2 saturated heterocycles. The van der Waals surface area contributed by atoms with Gasteiger partial charge in [-0.25, -0.2) is 0 Å². The van der Waals surface area contributed by atoms with Gasteiger partial charge in [-0.3, -0.25) is 0 Å². The first-order valence-corrected chi connectivity index (χ1v) is 6.02. The Bertz CT molecular complexity index is 294. The largest absolute Gasteiger partial charge is 0.388 e. The minimum absolute atomic E-state index is 0.393. The predicted molar refractivity (Wildman–Crippen MR) is 59.8 cm³/mol. The van der Waals surface area contributed by atoms with Crippen molar-refractivity contribution < 1.29 is 9.84 Å². The van der Waals surface area contributed by atoms with E-state index in [2.05, 4.69) is 18.0 Å². The summed E-state index contributed by atoms with van der Waals surface area (Å²) in [4.78, 5) is 2.22. The molecule has 2 rings (SSSR count). The van der Waals surface area contributed by atoms with Gasteiger partial charge in [0.25, 0.3) is 0 Å². The topological polar surface area (TPSA) is 56.5 Å². The van der Waals surface area contributed by atoms with Crippen LogP contribution in [0.15, 0.2) is 0 Å². The third kappa shape index (κ3) is 1.84. The van der Waals surface area contributed by atoms with E-state index >= 15 is 0 Å². The van der Waals surface area contributed by atoms with Crippen molar-refractivity contribution in [1.82, 2.24) is 4.90 Å². The molecule has 2 atom stereocenters. The van der Waals surface area contributed by atoms with Crippen LogP contribution >= 0.6 is 0 Å². The molecule has 0 spiro atoms. The molecule has 2 aliphatic rings. The molecule has 0 radical (unpaired) electrons. The highest BCUT2D eigenvalue weighted by Gasteiger charge is 2.53. The maximum atomic E-state index is 10.8. The van der Waals surface area contributed by atoms with Gasteiger partial charge in [0.05, 0.1) is 18.3 Å². The van der Waals surface area contributed by atoms with E-state index in [1.165, 1.54) is 0 Å². The molecular weight excluding hydrogens is 204 g/mol. The Balaban J connectivity index is 2.19. The van der Waals surface area contributed by atoms with Crippen LogP contribution in [0.2, 0.25) is 0 Å². The molecule has 16 heavy (non-hydrogen) atoms. The zero-order valence-corrected chi connectivity index (χ0v) is 9.91. The monoisotopic (exact) mass is 224 g/mol. The van der Waals surface area contributed by atoms with E-state index in [4.69, 9.17) is 4.74 Å². The molecule has 0 aliphatic carbocycles. The molecule has 2 unspecified atom stereocenters. The predicted octanol–water partition coefficient (Wildman–Crippen LogP) is 0.763. The van der Waals surface area contributed by atoms with Crippen molar-refractivity contribution in [2.24, 2.45) is 5.41 Å². The molecule has 2 aliphatic heterocycles. The van der Waals surface area contributed by atoms with Gasteiger partial charge in [0.1, 0.15) is 5.41 Å². The summed E-state index contributed by atoms with van der Waals surface area (Å²) in [7, 11) is 2.07. The highest BCUT2D eigenvalue weighted by atomic mass is 16.5. The summed E-state index contributed by atoms with van der Waals surface area (Å²) in [5.41, 5.74) is -1.53. The van der Waals surface area contributed by atoms with Crippen LogP contribution in [0.4, 0.5) is 0 Å². The number of nitriles is 1. The molecule has 2 fully saturated rings. The van der Waals surface area contributed by atoms with Crippen molar-refractivity contribution in [3.05, 3.63) is 0 Å². The third-order valence-corrected chi connectivity index (χ3v) is 4.16. The molecule has 4 nitrogen and oxygen atoms in total. The molecule has 0 aromatic rings. The summed E-state index contributed by atoms with van der Waals surface area (Å²) in [6, 6.07) is 2.34. The summed E-state index contributed by atoms with van der Waals surface area (Å²) >= 11 is 0. The lowest BCUT2D eigenvalue weighted by Gasteiger charge is -2.38. The van der Waals surface area contributed by atoms with Crippen molar-refractivity contribution in [1.29, 1.82) is 5.26 Å². The molecule has 0 aromatic carbocycles. The lowest BCUT2D eigenvalue weighted by molar-refractivity contribution is -0.0682. The first-order chi connectivity index (χ1) is 7.62. The normalized spacial score (nSPS) is 41.6. The summed E-state index contributed by atoms with van der Waals surface area (Å²) in [6.45, 7) is 2.86. The van der Waals surface area contributed by atoms with Gasteiger partial charge in [-0.05, 0) is 39.3 Å². The number of likely N-dealkylation sites (tertiary alicyclic amines) is 1. The molecule has 0 bridgehead atoms. The highest BCUT2D eigenvalue weighted by Crippen LogP contribution is 2.44. The van der Waals surface area contributed by atoms with Crippen molar-refractivity contribution in [3.63, 3.8) is 0 Å². The first kappa shape index (κ1) is 11.8. The van der Waals surface area contributed by atoms with Gasteiger partial charge in [-0.1, -0.05) is 0 Å². The van der Waals surface area contributed by atoms with Crippen molar-refractivity contribution in [3.8, 4) is 6.07 Å². The molecule has 1 N–H and O–H groups in total. The number of aliphatic hydroxyl groups is 1. The second kappa shape index (κ2) is 4.33. The number of hydrogen-bond acceptors (Lipinski definition) is 4. The lowest BCUT2D eigenvalue weighted by atomic mass is 9.68. The van der Waals surface area contributed by atoms with E-state index in [-0.39, 0.29) is 0 Å². The van der Waals surface area contributed by atoms with Gasteiger partial charge in [-0.15, -0.1) is 0 Å². The van der Waals surface area contributed by atoms with Crippen LogP contribution in [0.25, 0.3) is 0 Å². The molecular formula is C12H20N2O2. The van der Waals surface area contributed by atoms with E-state index < -0.39 is 11.0 Å². The number of rotatable bonds is 1. The van der Waals surface area contributed by atoms with Crippen LogP contribution < -0.4 is 0 Å². The van der Waals surface area contributed by atoms with Crippen molar-refractivity contribution in [2.75, 3.05) is 33.4 Å². The number of hydrogen-bond donors (Lipinski definition) is 1. The molecule has 90 valence electrons. The van der Waals surface area contributed by atoms with E-state index in [1.54, 1.807) is 0 Å². The maximum absolute atomic E-state index is 10.8. The second-order valence-electron chi connectivity index (χ2n) is 5.18.